The van der Waals surface area contributed by atoms with Crippen molar-refractivity contribution >= 4 is 16.8 Å². The van der Waals surface area contributed by atoms with Crippen LogP contribution in [0.4, 0.5) is 0 Å². The highest BCUT2D eigenvalue weighted by molar-refractivity contribution is 5.92. The van der Waals surface area contributed by atoms with Crippen LogP contribution in [0.2, 0.25) is 0 Å². The first-order valence-electron chi connectivity index (χ1n) is 6.72. The van der Waals surface area contributed by atoms with E-state index in [4.69, 9.17) is 0 Å². The third-order valence-corrected chi connectivity index (χ3v) is 4.57. The highest BCUT2D eigenvalue weighted by atomic mass is 16.3. The van der Waals surface area contributed by atoms with Gasteiger partial charge in [0.2, 0.25) is 0 Å². The van der Waals surface area contributed by atoms with Crippen LogP contribution in [0.1, 0.15) is 29.9 Å². The van der Waals surface area contributed by atoms with Gasteiger partial charge in [-0.15, -0.1) is 0 Å². The highest BCUT2D eigenvalue weighted by Gasteiger charge is 2.37. The minimum absolute atomic E-state index is 0.147. The number of aliphatic hydroxyl groups excluding tert-OH is 1. The zero-order valence-electron chi connectivity index (χ0n) is 10.2. The smallest absolute Gasteiger partial charge is 0.0609 e. The van der Waals surface area contributed by atoms with Crippen LogP contribution in [-0.4, -0.2) is 11.2 Å². The van der Waals surface area contributed by atoms with Crippen molar-refractivity contribution in [2.75, 3.05) is 0 Å². The third kappa shape index (κ3) is 1.31. The molecule has 18 heavy (non-hydrogen) atoms. The third-order valence-electron chi connectivity index (χ3n) is 4.57. The molecule has 4 rings (SSSR count). The molecular formula is C17H16O. The molecule has 2 aromatic carbocycles. The Hall–Kier alpha value is -1.60. The average Bonchev–Trinajstić information content (AvgIpc) is 2.80. The first kappa shape index (κ1) is 10.3. The van der Waals surface area contributed by atoms with Crippen molar-refractivity contribution in [1.82, 2.24) is 0 Å². The summed E-state index contributed by atoms with van der Waals surface area (Å²) in [6.07, 6.45) is 6.34. The minimum Gasteiger partial charge on any atom is -0.392 e. The van der Waals surface area contributed by atoms with Crippen LogP contribution < -0.4 is 0 Å². The standard InChI is InChI=1S/C17H16O/c18-17-10-9-15-14-6-5-11-3-1-2-4-12(11)13(14)7-8-16(15)17/h1-8,15-18H,9-10H2/t15-,16-,17?/m0/s1. The van der Waals surface area contributed by atoms with Gasteiger partial charge in [0.05, 0.1) is 6.10 Å². The molecule has 0 saturated heterocycles. The van der Waals surface area contributed by atoms with E-state index in [1.807, 2.05) is 0 Å². The maximum atomic E-state index is 10.0. The monoisotopic (exact) mass is 236 g/mol. The van der Waals surface area contributed by atoms with Crippen molar-refractivity contribution < 1.29 is 5.11 Å². The molecule has 0 spiro atoms. The van der Waals surface area contributed by atoms with E-state index < -0.39 is 0 Å². The van der Waals surface area contributed by atoms with Crippen LogP contribution in [0.25, 0.3) is 16.8 Å². The van der Waals surface area contributed by atoms with E-state index in [1.54, 1.807) is 0 Å². The van der Waals surface area contributed by atoms with Crippen LogP contribution >= 0.6 is 0 Å². The molecule has 1 heteroatoms. The Morgan fingerprint density at radius 3 is 2.83 bits per heavy atom. The van der Waals surface area contributed by atoms with E-state index in [9.17, 15) is 5.11 Å². The summed E-state index contributed by atoms with van der Waals surface area (Å²) in [6.45, 7) is 0. The molecule has 3 atom stereocenters. The van der Waals surface area contributed by atoms with Crippen molar-refractivity contribution in [2.45, 2.75) is 24.9 Å². The number of benzene rings is 2. The summed E-state index contributed by atoms with van der Waals surface area (Å²) in [7, 11) is 0. The Bertz CT molecular complexity index is 641. The molecule has 90 valence electrons. The molecule has 2 aromatic rings. The fraction of sp³-hybridized carbons (Fsp3) is 0.294. The molecule has 0 aromatic heterocycles. The van der Waals surface area contributed by atoms with Crippen molar-refractivity contribution in [3.05, 3.63) is 53.6 Å². The Labute approximate surface area is 107 Å². The number of hydrogen-bond acceptors (Lipinski definition) is 1. The lowest BCUT2D eigenvalue weighted by atomic mass is 9.79. The number of rotatable bonds is 0. The van der Waals surface area contributed by atoms with Gasteiger partial charge < -0.3 is 5.11 Å². The molecule has 2 aliphatic carbocycles. The summed E-state index contributed by atoms with van der Waals surface area (Å²) < 4.78 is 0. The van der Waals surface area contributed by atoms with Crippen molar-refractivity contribution in [3.63, 3.8) is 0 Å². The van der Waals surface area contributed by atoms with Gasteiger partial charge in [0.15, 0.2) is 0 Å². The van der Waals surface area contributed by atoms with Crippen molar-refractivity contribution in [1.29, 1.82) is 0 Å². The fourth-order valence-corrected chi connectivity index (χ4v) is 3.66. The Morgan fingerprint density at radius 2 is 1.89 bits per heavy atom. The van der Waals surface area contributed by atoms with Crippen LogP contribution in [0.15, 0.2) is 42.5 Å². The first-order chi connectivity index (χ1) is 8.84. The van der Waals surface area contributed by atoms with Gasteiger partial charge >= 0.3 is 0 Å². The Morgan fingerprint density at radius 1 is 1.00 bits per heavy atom. The molecule has 0 radical (unpaired) electrons. The van der Waals surface area contributed by atoms with Gasteiger partial charge in [0.1, 0.15) is 0 Å². The summed E-state index contributed by atoms with van der Waals surface area (Å²) in [4.78, 5) is 0. The molecule has 1 nitrogen and oxygen atoms in total. The zero-order valence-corrected chi connectivity index (χ0v) is 10.2. The molecule has 0 amide bonds. The first-order valence-corrected chi connectivity index (χ1v) is 6.72. The zero-order chi connectivity index (χ0) is 12.1. The molecule has 0 bridgehead atoms. The van der Waals surface area contributed by atoms with Crippen LogP contribution in [0, 0.1) is 5.92 Å². The molecule has 1 fully saturated rings. The Kier molecular flexibility index (Phi) is 2.12. The molecule has 0 heterocycles. The van der Waals surface area contributed by atoms with Gasteiger partial charge in [0, 0.05) is 5.92 Å². The van der Waals surface area contributed by atoms with Gasteiger partial charge in [-0.1, -0.05) is 48.6 Å². The van der Waals surface area contributed by atoms with E-state index >= 15 is 0 Å². The Balaban J connectivity index is 1.97. The van der Waals surface area contributed by atoms with E-state index in [0.29, 0.717) is 11.8 Å². The lowest BCUT2D eigenvalue weighted by Gasteiger charge is -2.26. The molecule has 1 N–H and O–H groups in total. The number of hydrogen-bond donors (Lipinski definition) is 1. The average molecular weight is 236 g/mol. The maximum absolute atomic E-state index is 10.0. The lowest BCUT2D eigenvalue weighted by molar-refractivity contribution is 0.149. The van der Waals surface area contributed by atoms with Gasteiger partial charge in [-0.3, -0.25) is 0 Å². The van der Waals surface area contributed by atoms with Crippen LogP contribution in [0.5, 0.6) is 0 Å². The van der Waals surface area contributed by atoms with E-state index in [2.05, 4.69) is 48.6 Å². The molecule has 0 aliphatic heterocycles. The van der Waals surface area contributed by atoms with Gasteiger partial charge in [0.25, 0.3) is 0 Å². The van der Waals surface area contributed by atoms with E-state index in [0.717, 1.165) is 12.8 Å². The van der Waals surface area contributed by atoms with Gasteiger partial charge in [-0.2, -0.15) is 0 Å². The topological polar surface area (TPSA) is 20.2 Å². The number of fused-ring (bicyclic) bond motifs is 5. The summed E-state index contributed by atoms with van der Waals surface area (Å²) in [5.74, 6) is 0.850. The quantitative estimate of drug-likeness (QED) is 0.739. The number of aliphatic hydroxyl groups is 1. The lowest BCUT2D eigenvalue weighted by Crippen LogP contribution is -2.18. The minimum atomic E-state index is -0.147. The molecule has 1 saturated carbocycles. The predicted octanol–water partition coefficient (Wildman–Crippen LogP) is 3.72. The van der Waals surface area contributed by atoms with Crippen LogP contribution in [0.3, 0.4) is 0 Å². The second-order valence-electron chi connectivity index (χ2n) is 5.48. The summed E-state index contributed by atoms with van der Waals surface area (Å²) in [6, 6.07) is 13.0. The van der Waals surface area contributed by atoms with Crippen molar-refractivity contribution in [2.24, 2.45) is 5.92 Å². The molecular weight excluding hydrogens is 220 g/mol. The van der Waals surface area contributed by atoms with Crippen molar-refractivity contribution in [3.8, 4) is 0 Å². The van der Waals surface area contributed by atoms with Crippen LogP contribution in [-0.2, 0) is 0 Å². The maximum Gasteiger partial charge on any atom is 0.0609 e. The van der Waals surface area contributed by atoms with Gasteiger partial charge in [-0.25, -0.2) is 0 Å². The van der Waals surface area contributed by atoms with Gasteiger partial charge in [-0.05, 0) is 40.7 Å². The summed E-state index contributed by atoms with van der Waals surface area (Å²) >= 11 is 0. The summed E-state index contributed by atoms with van der Waals surface area (Å²) in [5, 5.41) is 12.7. The summed E-state index contributed by atoms with van der Waals surface area (Å²) in [5.41, 5.74) is 2.79. The highest BCUT2D eigenvalue weighted by Crippen LogP contribution is 2.46. The molecule has 1 unspecified atom stereocenters. The van der Waals surface area contributed by atoms with E-state index in [-0.39, 0.29) is 6.10 Å². The second-order valence-corrected chi connectivity index (χ2v) is 5.48. The predicted molar refractivity (Wildman–Crippen MR) is 74.5 cm³/mol. The fourth-order valence-electron chi connectivity index (χ4n) is 3.66. The SMILES string of the molecule is OC1CC[C@H]2c3ccc4ccccc4c3C=C[C@H]12. The van der Waals surface area contributed by atoms with E-state index in [1.165, 1.54) is 21.9 Å². The molecule has 2 aliphatic rings. The second kappa shape index (κ2) is 3.69. The normalized spacial score (nSPS) is 29.3. The largest absolute Gasteiger partial charge is 0.392 e.